The van der Waals surface area contributed by atoms with Crippen LogP contribution in [-0.2, 0) is 11.3 Å². The molecule has 26 heavy (non-hydrogen) atoms. The van der Waals surface area contributed by atoms with Crippen molar-refractivity contribution < 1.29 is 9.47 Å². The summed E-state index contributed by atoms with van der Waals surface area (Å²) in [6.07, 6.45) is 7.65. The van der Waals surface area contributed by atoms with Crippen molar-refractivity contribution in [3.8, 4) is 5.75 Å². The Balaban J connectivity index is 0.00000338. The number of nitrogens with one attached hydrogen (secondary N) is 2. The van der Waals surface area contributed by atoms with Crippen molar-refractivity contribution in [3.63, 3.8) is 0 Å². The number of hydrogen-bond acceptors (Lipinski definition) is 3. The van der Waals surface area contributed by atoms with Crippen molar-refractivity contribution in [3.05, 3.63) is 29.8 Å². The van der Waals surface area contributed by atoms with E-state index in [1.54, 1.807) is 7.05 Å². The van der Waals surface area contributed by atoms with E-state index in [1.165, 1.54) is 37.7 Å². The van der Waals surface area contributed by atoms with Gasteiger partial charge in [-0.2, -0.15) is 0 Å². The molecule has 0 radical (unpaired) electrons. The molecule has 0 amide bonds. The quantitative estimate of drug-likeness (QED) is 0.244. The fraction of sp³-hybridized carbons (Fsp3) is 0.650. The summed E-state index contributed by atoms with van der Waals surface area (Å²) in [6.45, 7) is 5.14. The molecule has 1 fully saturated rings. The van der Waals surface area contributed by atoms with Gasteiger partial charge in [0.05, 0.1) is 6.10 Å². The smallest absolute Gasteiger partial charge is 0.191 e. The minimum absolute atomic E-state index is 0. The van der Waals surface area contributed by atoms with Gasteiger partial charge in [-0.25, -0.2) is 0 Å². The average molecular weight is 475 g/mol. The molecule has 0 unspecified atom stereocenters. The van der Waals surface area contributed by atoms with Gasteiger partial charge in [0, 0.05) is 33.4 Å². The molecule has 0 spiro atoms. The Hall–Kier alpha value is -1.02. The maximum atomic E-state index is 6.14. The first kappa shape index (κ1) is 23.0. The zero-order valence-corrected chi connectivity index (χ0v) is 18.5. The van der Waals surface area contributed by atoms with Crippen LogP contribution in [0.4, 0.5) is 0 Å². The molecule has 0 aromatic heterocycles. The zero-order chi connectivity index (χ0) is 17.7. The van der Waals surface area contributed by atoms with Gasteiger partial charge in [-0.05, 0) is 56.7 Å². The van der Waals surface area contributed by atoms with Gasteiger partial charge < -0.3 is 20.1 Å². The summed E-state index contributed by atoms with van der Waals surface area (Å²) >= 11 is 0. The van der Waals surface area contributed by atoms with E-state index in [0.717, 1.165) is 44.4 Å². The number of rotatable bonds is 9. The predicted molar refractivity (Wildman–Crippen MR) is 119 cm³/mol. The average Bonchev–Trinajstić information content (AvgIpc) is 2.65. The van der Waals surface area contributed by atoms with Crippen LogP contribution >= 0.6 is 24.0 Å². The number of guanidine groups is 1. The van der Waals surface area contributed by atoms with Crippen LogP contribution < -0.4 is 15.4 Å². The highest BCUT2D eigenvalue weighted by Gasteiger charge is 2.14. The number of ether oxygens (including phenoxy) is 2. The number of nitrogens with zero attached hydrogens (tertiary/aromatic N) is 1. The summed E-state index contributed by atoms with van der Waals surface area (Å²) in [4.78, 5) is 4.26. The minimum Gasteiger partial charge on any atom is -0.490 e. The lowest BCUT2D eigenvalue weighted by Gasteiger charge is -2.23. The Morgan fingerprint density at radius 3 is 2.73 bits per heavy atom. The molecule has 2 N–H and O–H groups in total. The van der Waals surface area contributed by atoms with Gasteiger partial charge in [-0.1, -0.05) is 18.6 Å². The first-order valence-electron chi connectivity index (χ1n) is 9.59. The molecule has 0 atom stereocenters. The summed E-state index contributed by atoms with van der Waals surface area (Å²) in [5, 5.41) is 6.66. The van der Waals surface area contributed by atoms with E-state index < -0.39 is 0 Å². The number of benzene rings is 1. The van der Waals surface area contributed by atoms with E-state index in [9.17, 15) is 0 Å². The van der Waals surface area contributed by atoms with Crippen LogP contribution in [0, 0.1) is 0 Å². The first-order chi connectivity index (χ1) is 12.3. The van der Waals surface area contributed by atoms with Gasteiger partial charge >= 0.3 is 0 Å². The Bertz CT molecular complexity index is 520. The second kappa shape index (κ2) is 14.1. The van der Waals surface area contributed by atoms with Crippen LogP contribution in [0.1, 0.15) is 51.0 Å². The molecule has 1 saturated carbocycles. The third-order valence-corrected chi connectivity index (χ3v) is 4.40. The van der Waals surface area contributed by atoms with Crippen LogP contribution in [0.15, 0.2) is 29.3 Å². The van der Waals surface area contributed by atoms with Crippen molar-refractivity contribution in [1.29, 1.82) is 0 Å². The van der Waals surface area contributed by atoms with Crippen LogP contribution in [0.2, 0.25) is 0 Å². The van der Waals surface area contributed by atoms with Gasteiger partial charge in [0.1, 0.15) is 5.75 Å². The molecule has 0 saturated heterocycles. The van der Waals surface area contributed by atoms with Crippen molar-refractivity contribution in [2.45, 2.75) is 58.1 Å². The molecule has 6 heteroatoms. The fourth-order valence-electron chi connectivity index (χ4n) is 3.04. The maximum absolute atomic E-state index is 6.14. The Morgan fingerprint density at radius 2 is 2.00 bits per heavy atom. The number of aliphatic imine (C=N–C) groups is 1. The number of halogens is 1. The van der Waals surface area contributed by atoms with Crippen molar-refractivity contribution in [1.82, 2.24) is 10.6 Å². The van der Waals surface area contributed by atoms with E-state index in [-0.39, 0.29) is 24.0 Å². The molecule has 1 aliphatic carbocycles. The molecule has 1 aromatic rings. The van der Waals surface area contributed by atoms with E-state index in [4.69, 9.17) is 9.47 Å². The highest BCUT2D eigenvalue weighted by atomic mass is 127. The summed E-state index contributed by atoms with van der Waals surface area (Å²) in [7, 11) is 1.79. The largest absolute Gasteiger partial charge is 0.490 e. The summed E-state index contributed by atoms with van der Waals surface area (Å²) in [5.41, 5.74) is 1.20. The highest BCUT2D eigenvalue weighted by Crippen LogP contribution is 2.23. The van der Waals surface area contributed by atoms with Gasteiger partial charge in [0.25, 0.3) is 0 Å². The summed E-state index contributed by atoms with van der Waals surface area (Å²) in [5.74, 6) is 1.79. The third kappa shape index (κ3) is 9.07. The van der Waals surface area contributed by atoms with Gasteiger partial charge in [-0.15, -0.1) is 24.0 Å². The molecule has 5 nitrogen and oxygen atoms in total. The number of hydrogen-bond donors (Lipinski definition) is 2. The molecular formula is C20H34IN3O2. The molecule has 0 heterocycles. The molecule has 2 rings (SSSR count). The third-order valence-electron chi connectivity index (χ3n) is 4.40. The van der Waals surface area contributed by atoms with Crippen LogP contribution in [0.25, 0.3) is 0 Å². The minimum atomic E-state index is 0. The van der Waals surface area contributed by atoms with E-state index in [2.05, 4.69) is 39.9 Å². The van der Waals surface area contributed by atoms with Crippen LogP contribution in [0.5, 0.6) is 5.75 Å². The van der Waals surface area contributed by atoms with Crippen molar-refractivity contribution >= 4 is 29.9 Å². The second-order valence-corrected chi connectivity index (χ2v) is 6.43. The topological polar surface area (TPSA) is 54.9 Å². The SMILES string of the molecule is CCOCCCNC(=NC)NCc1cccc(OC2CCCCC2)c1.I. The summed E-state index contributed by atoms with van der Waals surface area (Å²) in [6, 6.07) is 8.36. The van der Waals surface area contributed by atoms with E-state index >= 15 is 0 Å². The molecule has 0 aliphatic heterocycles. The normalized spacial score (nSPS) is 15.2. The van der Waals surface area contributed by atoms with Gasteiger partial charge in [0.2, 0.25) is 0 Å². The highest BCUT2D eigenvalue weighted by molar-refractivity contribution is 14.0. The van der Waals surface area contributed by atoms with Gasteiger partial charge in [-0.3, -0.25) is 4.99 Å². The lowest BCUT2D eigenvalue weighted by atomic mass is 9.98. The van der Waals surface area contributed by atoms with Crippen LogP contribution in [0.3, 0.4) is 0 Å². The van der Waals surface area contributed by atoms with Crippen LogP contribution in [-0.4, -0.2) is 38.9 Å². The van der Waals surface area contributed by atoms with Crippen molar-refractivity contribution in [2.24, 2.45) is 4.99 Å². The molecule has 1 aliphatic rings. The lowest BCUT2D eigenvalue weighted by Crippen LogP contribution is -2.37. The molecule has 1 aromatic carbocycles. The lowest BCUT2D eigenvalue weighted by molar-refractivity contribution is 0.145. The van der Waals surface area contributed by atoms with E-state index in [0.29, 0.717) is 6.10 Å². The summed E-state index contributed by atoms with van der Waals surface area (Å²) < 4.78 is 11.5. The predicted octanol–water partition coefficient (Wildman–Crippen LogP) is 4.11. The van der Waals surface area contributed by atoms with Crippen molar-refractivity contribution in [2.75, 3.05) is 26.8 Å². The molecule has 148 valence electrons. The Kier molecular flexibility index (Phi) is 12.5. The Labute approximate surface area is 175 Å². The molecule has 0 bridgehead atoms. The first-order valence-corrected chi connectivity index (χ1v) is 9.59. The molecular weight excluding hydrogens is 441 g/mol. The zero-order valence-electron chi connectivity index (χ0n) is 16.1. The fourth-order valence-corrected chi connectivity index (χ4v) is 3.04. The Morgan fingerprint density at radius 1 is 1.19 bits per heavy atom. The second-order valence-electron chi connectivity index (χ2n) is 6.43. The van der Waals surface area contributed by atoms with Gasteiger partial charge in [0.15, 0.2) is 5.96 Å². The standard InChI is InChI=1S/C20H33N3O2.HI/c1-3-24-14-8-13-22-20(21-2)23-16-17-9-7-12-19(15-17)25-18-10-5-4-6-11-18;/h7,9,12,15,18H,3-6,8,10-11,13-14,16H2,1-2H3,(H2,21,22,23);1H. The monoisotopic (exact) mass is 475 g/mol. The maximum Gasteiger partial charge on any atom is 0.191 e. The van der Waals surface area contributed by atoms with E-state index in [1.807, 2.05) is 6.92 Å².